The summed E-state index contributed by atoms with van der Waals surface area (Å²) in [5.41, 5.74) is 7.28. The van der Waals surface area contributed by atoms with Crippen LogP contribution in [0, 0.1) is 11.8 Å². The predicted octanol–water partition coefficient (Wildman–Crippen LogP) is 4.23. The fourth-order valence-electron chi connectivity index (χ4n) is 3.21. The molecule has 1 aromatic heterocycles. The Labute approximate surface area is 120 Å². The van der Waals surface area contributed by atoms with Gasteiger partial charge in [0.05, 0.1) is 0 Å². The van der Waals surface area contributed by atoms with Crippen LogP contribution in [0.1, 0.15) is 63.4 Å². The number of anilines is 2. The summed E-state index contributed by atoms with van der Waals surface area (Å²) in [6.45, 7) is 3.47. The van der Waals surface area contributed by atoms with Gasteiger partial charge in [-0.25, -0.2) is 0 Å². The minimum Gasteiger partial charge on any atom is -0.383 e. The Morgan fingerprint density at radius 2 is 1.95 bits per heavy atom. The minimum absolute atomic E-state index is 0.691. The summed E-state index contributed by atoms with van der Waals surface area (Å²) in [5.74, 6) is 3.34. The maximum absolute atomic E-state index is 5.97. The van der Waals surface area contributed by atoms with E-state index in [9.17, 15) is 0 Å². The SMILES string of the molecule is CC1CCC(CCNc2snc(N)c2C2CC2)CC1. The van der Waals surface area contributed by atoms with Crippen molar-refractivity contribution < 1.29 is 0 Å². The molecule has 1 heterocycles. The summed E-state index contributed by atoms with van der Waals surface area (Å²) >= 11 is 1.55. The van der Waals surface area contributed by atoms with Crippen molar-refractivity contribution in [2.75, 3.05) is 17.6 Å². The van der Waals surface area contributed by atoms with E-state index >= 15 is 0 Å². The fourth-order valence-corrected chi connectivity index (χ4v) is 4.04. The Balaban J connectivity index is 1.47. The van der Waals surface area contributed by atoms with Crippen LogP contribution in [-0.2, 0) is 0 Å². The van der Waals surface area contributed by atoms with E-state index in [1.54, 1.807) is 11.5 Å². The smallest absolute Gasteiger partial charge is 0.142 e. The van der Waals surface area contributed by atoms with Gasteiger partial charge in [-0.15, -0.1) is 0 Å². The first-order chi connectivity index (χ1) is 9.24. The van der Waals surface area contributed by atoms with Gasteiger partial charge in [0.1, 0.15) is 10.8 Å². The van der Waals surface area contributed by atoms with Gasteiger partial charge in [0.15, 0.2) is 0 Å². The molecule has 4 heteroatoms. The maximum atomic E-state index is 5.97. The Morgan fingerprint density at radius 1 is 1.21 bits per heavy atom. The molecule has 1 aromatic rings. The van der Waals surface area contributed by atoms with Crippen molar-refractivity contribution in [1.82, 2.24) is 4.37 Å². The van der Waals surface area contributed by atoms with Crippen LogP contribution in [0.5, 0.6) is 0 Å². The second-order valence-electron chi connectivity index (χ2n) is 6.43. The molecule has 106 valence electrons. The molecule has 0 spiro atoms. The third kappa shape index (κ3) is 3.22. The van der Waals surface area contributed by atoms with Gasteiger partial charge in [-0.1, -0.05) is 32.6 Å². The minimum atomic E-state index is 0.691. The molecule has 0 saturated heterocycles. The van der Waals surface area contributed by atoms with Gasteiger partial charge in [0, 0.05) is 12.1 Å². The van der Waals surface area contributed by atoms with Gasteiger partial charge >= 0.3 is 0 Å². The van der Waals surface area contributed by atoms with Crippen LogP contribution in [0.2, 0.25) is 0 Å². The maximum Gasteiger partial charge on any atom is 0.142 e. The van der Waals surface area contributed by atoms with Crippen molar-refractivity contribution in [1.29, 1.82) is 0 Å². The number of hydrogen-bond acceptors (Lipinski definition) is 4. The average molecular weight is 279 g/mol. The molecule has 0 radical (unpaired) electrons. The van der Waals surface area contributed by atoms with Crippen molar-refractivity contribution in [3.63, 3.8) is 0 Å². The molecule has 19 heavy (non-hydrogen) atoms. The highest BCUT2D eigenvalue weighted by molar-refractivity contribution is 7.10. The van der Waals surface area contributed by atoms with E-state index in [1.807, 2.05) is 0 Å². The highest BCUT2D eigenvalue weighted by Gasteiger charge is 2.30. The molecule has 0 amide bonds. The highest BCUT2D eigenvalue weighted by Crippen LogP contribution is 2.47. The number of nitrogens with one attached hydrogen (secondary N) is 1. The standard InChI is InChI=1S/C15H25N3S/c1-10-2-4-11(5-3-10)8-9-17-15-13(12-6-7-12)14(16)18-19-15/h10-12,17H,2-9H2,1H3,(H2,16,18). The van der Waals surface area contributed by atoms with Crippen LogP contribution in [-0.4, -0.2) is 10.9 Å². The first-order valence-corrected chi connectivity index (χ1v) is 8.50. The van der Waals surface area contributed by atoms with Gasteiger partial charge in [-0.05, 0) is 48.5 Å². The number of aromatic nitrogens is 1. The van der Waals surface area contributed by atoms with E-state index in [-0.39, 0.29) is 0 Å². The Bertz CT molecular complexity index is 417. The zero-order valence-electron chi connectivity index (χ0n) is 11.8. The number of hydrogen-bond donors (Lipinski definition) is 2. The molecule has 2 saturated carbocycles. The molecule has 3 N–H and O–H groups in total. The van der Waals surface area contributed by atoms with Crippen molar-refractivity contribution in [2.24, 2.45) is 11.8 Å². The second-order valence-corrected chi connectivity index (χ2v) is 7.20. The number of nitrogens with zero attached hydrogens (tertiary/aromatic N) is 1. The van der Waals surface area contributed by atoms with Crippen LogP contribution in [0.25, 0.3) is 0 Å². The first-order valence-electron chi connectivity index (χ1n) is 7.73. The summed E-state index contributed by atoms with van der Waals surface area (Å²) in [5, 5.41) is 4.83. The molecule has 0 aliphatic heterocycles. The molecule has 0 aromatic carbocycles. The molecule has 2 aliphatic carbocycles. The fraction of sp³-hybridized carbons (Fsp3) is 0.800. The Morgan fingerprint density at radius 3 is 2.63 bits per heavy atom. The van der Waals surface area contributed by atoms with Crippen LogP contribution in [0.15, 0.2) is 0 Å². The van der Waals surface area contributed by atoms with Gasteiger partial charge in [-0.2, -0.15) is 4.37 Å². The largest absolute Gasteiger partial charge is 0.383 e. The van der Waals surface area contributed by atoms with Gasteiger partial charge in [0.2, 0.25) is 0 Å². The molecule has 3 rings (SSSR count). The zero-order chi connectivity index (χ0) is 13.2. The van der Waals surface area contributed by atoms with E-state index in [2.05, 4.69) is 16.6 Å². The summed E-state index contributed by atoms with van der Waals surface area (Å²) in [6.07, 6.45) is 9.56. The lowest BCUT2D eigenvalue weighted by molar-refractivity contribution is 0.282. The van der Waals surface area contributed by atoms with Crippen LogP contribution < -0.4 is 11.1 Å². The lowest BCUT2D eigenvalue weighted by atomic mass is 9.81. The van der Waals surface area contributed by atoms with Gasteiger partial charge < -0.3 is 11.1 Å². The molecule has 2 fully saturated rings. The van der Waals surface area contributed by atoms with Gasteiger partial charge in [0.25, 0.3) is 0 Å². The van der Waals surface area contributed by atoms with E-state index in [0.29, 0.717) is 5.92 Å². The normalized spacial score (nSPS) is 27.4. The van der Waals surface area contributed by atoms with Crippen LogP contribution in [0.4, 0.5) is 10.8 Å². The molecular formula is C15H25N3S. The monoisotopic (exact) mass is 279 g/mol. The van der Waals surface area contributed by atoms with E-state index < -0.39 is 0 Å². The molecule has 3 nitrogen and oxygen atoms in total. The Kier molecular flexibility index (Phi) is 3.96. The average Bonchev–Trinajstić information content (AvgIpc) is 3.17. The van der Waals surface area contributed by atoms with E-state index in [1.165, 1.54) is 55.5 Å². The third-order valence-corrected chi connectivity index (χ3v) is 5.55. The molecule has 0 atom stereocenters. The summed E-state index contributed by atoms with van der Waals surface area (Å²) in [7, 11) is 0. The lowest BCUT2D eigenvalue weighted by Gasteiger charge is -2.26. The van der Waals surface area contributed by atoms with E-state index in [0.717, 1.165) is 24.2 Å². The third-order valence-electron chi connectivity index (χ3n) is 4.72. The van der Waals surface area contributed by atoms with Crippen LogP contribution in [0.3, 0.4) is 0 Å². The van der Waals surface area contributed by atoms with Crippen molar-refractivity contribution in [3.05, 3.63) is 5.56 Å². The van der Waals surface area contributed by atoms with Crippen LogP contribution >= 0.6 is 11.5 Å². The quantitative estimate of drug-likeness (QED) is 0.848. The topological polar surface area (TPSA) is 50.9 Å². The van der Waals surface area contributed by atoms with Crippen molar-refractivity contribution in [3.8, 4) is 0 Å². The van der Waals surface area contributed by atoms with E-state index in [4.69, 9.17) is 5.73 Å². The zero-order valence-corrected chi connectivity index (χ0v) is 12.6. The summed E-state index contributed by atoms with van der Waals surface area (Å²) in [6, 6.07) is 0. The lowest BCUT2D eigenvalue weighted by Crippen LogP contribution is -2.15. The Hall–Kier alpha value is -0.770. The molecule has 0 unspecified atom stereocenters. The molecule has 2 aliphatic rings. The molecular weight excluding hydrogens is 254 g/mol. The number of nitrogens with two attached hydrogens (primary N) is 1. The predicted molar refractivity (Wildman–Crippen MR) is 82.7 cm³/mol. The molecule has 0 bridgehead atoms. The highest BCUT2D eigenvalue weighted by atomic mass is 32.1. The number of rotatable bonds is 5. The van der Waals surface area contributed by atoms with Crippen molar-refractivity contribution >= 4 is 22.4 Å². The number of nitrogen functional groups attached to an aromatic ring is 1. The summed E-state index contributed by atoms with van der Waals surface area (Å²) in [4.78, 5) is 0. The second kappa shape index (κ2) is 5.70. The summed E-state index contributed by atoms with van der Waals surface area (Å²) < 4.78 is 4.31. The first kappa shape index (κ1) is 13.2. The van der Waals surface area contributed by atoms with Gasteiger partial charge in [-0.3, -0.25) is 0 Å². The van der Waals surface area contributed by atoms with Crippen molar-refractivity contribution in [2.45, 2.75) is 57.8 Å².